The predicted octanol–water partition coefficient (Wildman–Crippen LogP) is 2.46. The van der Waals surface area contributed by atoms with Crippen molar-refractivity contribution >= 4 is 32.5 Å². The number of ether oxygens (including phenoxy) is 1. The molecule has 0 fully saturated rings. The van der Waals surface area contributed by atoms with E-state index in [0.717, 1.165) is 5.69 Å². The zero-order valence-corrected chi connectivity index (χ0v) is 14.6. The summed E-state index contributed by atoms with van der Waals surface area (Å²) in [5.74, 6) is 0. The van der Waals surface area contributed by atoms with Crippen molar-refractivity contribution in [2.24, 2.45) is 4.99 Å². The monoisotopic (exact) mass is 356 g/mol. The van der Waals surface area contributed by atoms with Gasteiger partial charge in [-0.25, -0.2) is 0 Å². The van der Waals surface area contributed by atoms with E-state index in [-0.39, 0.29) is 0 Å². The first-order chi connectivity index (χ1) is 9.76. The molecule has 21 heavy (non-hydrogen) atoms. The zero-order chi connectivity index (χ0) is 15.9. The number of amidine groups is 1. The van der Waals surface area contributed by atoms with Crippen LogP contribution in [-0.4, -0.2) is 45.5 Å². The van der Waals surface area contributed by atoms with Crippen molar-refractivity contribution in [1.82, 2.24) is 5.32 Å². The van der Waals surface area contributed by atoms with E-state index in [4.69, 9.17) is 4.74 Å². The molecule has 0 heterocycles. The number of alkyl carbamates (subject to hydrolysis) is 1. The fraction of sp³-hybridized carbons (Fsp3) is 0.467. The maximum atomic E-state index is 11.4. The van der Waals surface area contributed by atoms with E-state index in [9.17, 15) is 4.79 Å². The number of carbonyl (C=O) groups is 1. The standard InChI is InChI=1S/C15H22N3O2Se/c1-11-6-5-7-12(10-11)18-13(21)16-8-9-17-14(19)20-15(2,3)4/h5-7,10H,8-9H2,1-4H3,(H,16,18)(H,17,19). The van der Waals surface area contributed by atoms with Gasteiger partial charge in [-0.2, -0.15) is 0 Å². The molecule has 0 atom stereocenters. The minimum absolute atomic E-state index is 0.425. The van der Waals surface area contributed by atoms with Crippen molar-refractivity contribution in [2.45, 2.75) is 33.3 Å². The van der Waals surface area contributed by atoms with Gasteiger partial charge >= 0.3 is 134 Å². The molecule has 1 aromatic rings. The topological polar surface area (TPSA) is 62.7 Å². The normalized spacial score (nSPS) is 11.9. The molecule has 5 nitrogen and oxygen atoms in total. The number of rotatable bonds is 4. The fourth-order valence-corrected chi connectivity index (χ4v) is 1.95. The number of hydrogen-bond acceptors (Lipinski definition) is 3. The Hall–Kier alpha value is -1.52. The molecule has 1 amide bonds. The Morgan fingerprint density at radius 3 is 2.71 bits per heavy atom. The molecule has 115 valence electrons. The van der Waals surface area contributed by atoms with Gasteiger partial charge in [0.1, 0.15) is 0 Å². The summed E-state index contributed by atoms with van der Waals surface area (Å²) in [6.07, 6.45) is -0.425. The van der Waals surface area contributed by atoms with E-state index < -0.39 is 11.7 Å². The molecular formula is C15H22N3O2Se. The van der Waals surface area contributed by atoms with Gasteiger partial charge in [-0.1, -0.05) is 0 Å². The van der Waals surface area contributed by atoms with Gasteiger partial charge in [0.2, 0.25) is 0 Å². The quantitative estimate of drug-likeness (QED) is 0.377. The molecule has 1 radical (unpaired) electrons. The molecule has 0 unspecified atom stereocenters. The number of aryl methyl sites for hydroxylation is 1. The van der Waals surface area contributed by atoms with Gasteiger partial charge in [0, 0.05) is 0 Å². The molecule has 1 rings (SSSR count). The number of nitrogens with one attached hydrogen (secondary N) is 2. The van der Waals surface area contributed by atoms with Crippen molar-refractivity contribution in [2.75, 3.05) is 18.4 Å². The van der Waals surface area contributed by atoms with Crippen molar-refractivity contribution in [3.05, 3.63) is 29.8 Å². The van der Waals surface area contributed by atoms with Crippen molar-refractivity contribution < 1.29 is 9.53 Å². The van der Waals surface area contributed by atoms with Crippen molar-refractivity contribution in [3.8, 4) is 0 Å². The molecule has 2 N–H and O–H groups in total. The number of aliphatic imine (C=N–C) groups is 1. The Bertz CT molecular complexity index is 510. The number of anilines is 1. The predicted molar refractivity (Wildman–Crippen MR) is 87.1 cm³/mol. The van der Waals surface area contributed by atoms with Crippen LogP contribution in [0.15, 0.2) is 29.3 Å². The molecular weight excluding hydrogens is 333 g/mol. The van der Waals surface area contributed by atoms with Crippen LogP contribution in [0.4, 0.5) is 10.5 Å². The summed E-state index contributed by atoms with van der Waals surface area (Å²) in [5.41, 5.74) is 1.68. The average molecular weight is 355 g/mol. The van der Waals surface area contributed by atoms with Gasteiger partial charge in [-0.15, -0.1) is 0 Å². The summed E-state index contributed by atoms with van der Waals surface area (Å²) >= 11 is 2.87. The molecule has 0 bridgehead atoms. The van der Waals surface area contributed by atoms with Crippen LogP contribution in [0.3, 0.4) is 0 Å². The second kappa shape index (κ2) is 8.05. The fourth-order valence-electron chi connectivity index (χ4n) is 1.52. The molecule has 0 saturated heterocycles. The Morgan fingerprint density at radius 2 is 2.10 bits per heavy atom. The van der Waals surface area contributed by atoms with Crippen LogP contribution in [-0.2, 0) is 4.74 Å². The van der Waals surface area contributed by atoms with E-state index in [2.05, 4.69) is 31.6 Å². The summed E-state index contributed by atoms with van der Waals surface area (Å²) in [4.78, 5) is 15.7. The summed E-state index contributed by atoms with van der Waals surface area (Å²) in [7, 11) is 0. The maximum absolute atomic E-state index is 11.4. The van der Waals surface area contributed by atoms with Crippen LogP contribution in [0.25, 0.3) is 0 Å². The summed E-state index contributed by atoms with van der Waals surface area (Å²) < 4.78 is 5.82. The second-order valence-corrected chi connectivity index (χ2v) is 6.42. The Morgan fingerprint density at radius 1 is 1.38 bits per heavy atom. The average Bonchev–Trinajstić information content (AvgIpc) is 2.32. The van der Waals surface area contributed by atoms with Gasteiger partial charge in [-0.05, 0) is 0 Å². The molecule has 0 saturated carbocycles. The first-order valence-electron chi connectivity index (χ1n) is 6.78. The van der Waals surface area contributed by atoms with E-state index in [1.807, 2.05) is 52.0 Å². The van der Waals surface area contributed by atoms with Gasteiger partial charge in [0.15, 0.2) is 0 Å². The van der Waals surface area contributed by atoms with Gasteiger partial charge in [0.25, 0.3) is 0 Å². The third kappa shape index (κ3) is 8.37. The van der Waals surface area contributed by atoms with Crippen LogP contribution >= 0.6 is 0 Å². The van der Waals surface area contributed by atoms with Crippen molar-refractivity contribution in [1.29, 1.82) is 0 Å². The first kappa shape index (κ1) is 17.5. The molecule has 1 aromatic carbocycles. The number of carbonyl (C=O) groups excluding carboxylic acids is 1. The van der Waals surface area contributed by atoms with Gasteiger partial charge in [-0.3, -0.25) is 0 Å². The Labute approximate surface area is 134 Å². The molecule has 0 aliphatic rings. The SMILES string of the molecule is Cc1cccc(NC([Se])=NCCNC(=O)OC(C)(C)C)c1. The van der Waals surface area contributed by atoms with E-state index in [0.29, 0.717) is 17.8 Å². The van der Waals surface area contributed by atoms with Crippen LogP contribution in [0.2, 0.25) is 0 Å². The Kier molecular flexibility index (Phi) is 6.72. The van der Waals surface area contributed by atoms with Gasteiger partial charge in [0.05, 0.1) is 0 Å². The third-order valence-corrected chi connectivity index (χ3v) is 2.79. The number of nitrogens with zero attached hydrogens (tertiary/aromatic N) is 1. The van der Waals surface area contributed by atoms with E-state index >= 15 is 0 Å². The molecule has 0 spiro atoms. The molecule has 0 aromatic heterocycles. The Balaban J connectivity index is 2.31. The van der Waals surface area contributed by atoms with E-state index in [1.54, 1.807) is 0 Å². The molecule has 0 aliphatic carbocycles. The van der Waals surface area contributed by atoms with Crippen molar-refractivity contribution in [3.63, 3.8) is 0 Å². The van der Waals surface area contributed by atoms with Crippen LogP contribution in [0, 0.1) is 6.92 Å². The number of hydrogen-bond donors (Lipinski definition) is 2. The summed E-state index contributed by atoms with van der Waals surface area (Å²) in [6, 6.07) is 8.02. The number of amides is 1. The minimum atomic E-state index is -0.482. The third-order valence-electron chi connectivity index (χ3n) is 2.30. The number of benzene rings is 1. The van der Waals surface area contributed by atoms with Crippen LogP contribution in [0.1, 0.15) is 26.3 Å². The summed E-state index contributed by atoms with van der Waals surface area (Å²) in [6.45, 7) is 8.42. The van der Waals surface area contributed by atoms with Gasteiger partial charge < -0.3 is 0 Å². The van der Waals surface area contributed by atoms with Crippen LogP contribution < -0.4 is 10.6 Å². The zero-order valence-electron chi connectivity index (χ0n) is 12.9. The molecule has 6 heteroatoms. The second-order valence-electron chi connectivity index (χ2n) is 5.61. The van der Waals surface area contributed by atoms with Crippen LogP contribution in [0.5, 0.6) is 0 Å². The van der Waals surface area contributed by atoms with E-state index in [1.165, 1.54) is 5.56 Å². The first-order valence-corrected chi connectivity index (χ1v) is 7.64. The molecule has 0 aliphatic heterocycles. The summed E-state index contributed by atoms with van der Waals surface area (Å²) in [5, 5.41) is 5.82.